The maximum atomic E-state index is 12.4. The third-order valence-electron chi connectivity index (χ3n) is 3.78. The first-order chi connectivity index (χ1) is 13.2. The van der Waals surface area contributed by atoms with Crippen LogP contribution in [0.1, 0.15) is 20.7 Å². The van der Waals surface area contributed by atoms with E-state index in [0.29, 0.717) is 16.9 Å². The maximum absolute atomic E-state index is 12.4. The number of anilines is 2. The Kier molecular flexibility index (Phi) is 5.53. The van der Waals surface area contributed by atoms with Gasteiger partial charge in [-0.05, 0) is 42.5 Å². The summed E-state index contributed by atoms with van der Waals surface area (Å²) in [6.07, 6.45) is 3.77. The number of furan rings is 1. The monoisotopic (exact) mass is 418 g/mol. The highest BCUT2D eigenvalue weighted by Crippen LogP contribution is 2.26. The standard InChI is InChI=1S/C19H15ClN2O5S/c1-28(25,26)15-4-2-3-12(9-15)18(23)22-17-6-5-14(10-16(17)20)21-19(24)13-7-8-27-11-13/h2-11H,1H3,(H,21,24)(H,22,23). The molecule has 2 aromatic carbocycles. The summed E-state index contributed by atoms with van der Waals surface area (Å²) >= 11 is 6.19. The van der Waals surface area contributed by atoms with Crippen LogP contribution in [0, 0.1) is 0 Å². The number of sulfone groups is 1. The second kappa shape index (κ2) is 7.87. The van der Waals surface area contributed by atoms with Crippen molar-refractivity contribution in [1.29, 1.82) is 0 Å². The molecule has 3 aromatic rings. The largest absolute Gasteiger partial charge is 0.472 e. The number of carbonyl (C=O) groups is 2. The van der Waals surface area contributed by atoms with Crippen molar-refractivity contribution in [3.8, 4) is 0 Å². The normalized spacial score (nSPS) is 11.1. The summed E-state index contributed by atoms with van der Waals surface area (Å²) < 4.78 is 28.1. The van der Waals surface area contributed by atoms with E-state index < -0.39 is 15.7 Å². The van der Waals surface area contributed by atoms with Crippen LogP contribution in [0.2, 0.25) is 5.02 Å². The number of carbonyl (C=O) groups excluding carboxylic acids is 2. The van der Waals surface area contributed by atoms with Gasteiger partial charge in [0.15, 0.2) is 9.84 Å². The number of hydrogen-bond donors (Lipinski definition) is 2. The summed E-state index contributed by atoms with van der Waals surface area (Å²) in [7, 11) is -3.43. The Labute approximate surface area is 166 Å². The molecule has 9 heteroatoms. The first kappa shape index (κ1) is 19.7. The quantitative estimate of drug-likeness (QED) is 0.654. The van der Waals surface area contributed by atoms with E-state index in [0.717, 1.165) is 6.26 Å². The molecule has 3 rings (SSSR count). The first-order valence-electron chi connectivity index (χ1n) is 7.98. The van der Waals surface area contributed by atoms with Crippen LogP contribution < -0.4 is 10.6 Å². The molecule has 0 aliphatic rings. The van der Waals surface area contributed by atoms with Crippen LogP contribution in [-0.2, 0) is 9.84 Å². The third-order valence-corrected chi connectivity index (χ3v) is 5.21. The smallest absolute Gasteiger partial charge is 0.258 e. The Morgan fingerprint density at radius 1 is 0.964 bits per heavy atom. The van der Waals surface area contributed by atoms with Gasteiger partial charge in [0.05, 0.1) is 27.4 Å². The zero-order chi connectivity index (χ0) is 20.3. The van der Waals surface area contributed by atoms with Crippen LogP contribution in [0.5, 0.6) is 0 Å². The Bertz CT molecular complexity index is 1140. The predicted octanol–water partition coefficient (Wildman–Crippen LogP) is 3.84. The molecule has 2 N–H and O–H groups in total. The summed E-state index contributed by atoms with van der Waals surface area (Å²) in [6.45, 7) is 0. The average Bonchev–Trinajstić information content (AvgIpc) is 3.18. The molecule has 0 atom stereocenters. The van der Waals surface area contributed by atoms with Crippen LogP contribution >= 0.6 is 11.6 Å². The number of halogens is 1. The van der Waals surface area contributed by atoms with Crippen molar-refractivity contribution in [2.45, 2.75) is 4.90 Å². The molecule has 7 nitrogen and oxygen atoms in total. The minimum Gasteiger partial charge on any atom is -0.472 e. The number of hydrogen-bond acceptors (Lipinski definition) is 5. The third kappa shape index (κ3) is 4.59. The van der Waals surface area contributed by atoms with E-state index in [2.05, 4.69) is 10.6 Å². The second-order valence-electron chi connectivity index (χ2n) is 5.91. The fraction of sp³-hybridized carbons (Fsp3) is 0.0526. The SMILES string of the molecule is CS(=O)(=O)c1cccc(C(=O)Nc2ccc(NC(=O)c3ccoc3)cc2Cl)c1. The summed E-state index contributed by atoms with van der Waals surface area (Å²) in [4.78, 5) is 24.5. The van der Waals surface area contributed by atoms with E-state index in [-0.39, 0.29) is 21.4 Å². The van der Waals surface area contributed by atoms with Gasteiger partial charge in [0.25, 0.3) is 11.8 Å². The summed E-state index contributed by atoms with van der Waals surface area (Å²) in [5.74, 6) is -0.873. The van der Waals surface area contributed by atoms with Crippen molar-refractivity contribution in [3.05, 3.63) is 77.2 Å². The maximum Gasteiger partial charge on any atom is 0.258 e. The Morgan fingerprint density at radius 2 is 1.71 bits per heavy atom. The fourth-order valence-corrected chi connectivity index (χ4v) is 3.25. The van der Waals surface area contributed by atoms with Gasteiger partial charge in [0.2, 0.25) is 0 Å². The highest BCUT2D eigenvalue weighted by Gasteiger charge is 2.14. The molecule has 0 fully saturated rings. The lowest BCUT2D eigenvalue weighted by Gasteiger charge is -2.10. The highest BCUT2D eigenvalue weighted by atomic mass is 35.5. The van der Waals surface area contributed by atoms with Crippen LogP contribution in [0.3, 0.4) is 0 Å². The van der Waals surface area contributed by atoms with Gasteiger partial charge in [-0.3, -0.25) is 9.59 Å². The molecule has 1 heterocycles. The lowest BCUT2D eigenvalue weighted by Crippen LogP contribution is -2.14. The van der Waals surface area contributed by atoms with Gasteiger partial charge in [-0.25, -0.2) is 8.42 Å². The van der Waals surface area contributed by atoms with Gasteiger partial charge in [-0.1, -0.05) is 17.7 Å². The molecule has 0 bridgehead atoms. The van der Waals surface area contributed by atoms with Crippen molar-refractivity contribution in [2.24, 2.45) is 0 Å². The van der Waals surface area contributed by atoms with Crippen molar-refractivity contribution in [2.75, 3.05) is 16.9 Å². The van der Waals surface area contributed by atoms with Gasteiger partial charge in [-0.2, -0.15) is 0 Å². The number of rotatable bonds is 5. The molecule has 0 unspecified atom stereocenters. The van der Waals surface area contributed by atoms with E-state index in [1.165, 1.54) is 55.0 Å². The Balaban J connectivity index is 1.74. The van der Waals surface area contributed by atoms with Gasteiger partial charge in [0.1, 0.15) is 6.26 Å². The highest BCUT2D eigenvalue weighted by molar-refractivity contribution is 7.90. The van der Waals surface area contributed by atoms with E-state index in [4.69, 9.17) is 16.0 Å². The minimum atomic E-state index is -3.43. The van der Waals surface area contributed by atoms with Gasteiger partial charge < -0.3 is 15.1 Å². The summed E-state index contributed by atoms with van der Waals surface area (Å²) in [6, 6.07) is 11.8. The molecule has 28 heavy (non-hydrogen) atoms. The lowest BCUT2D eigenvalue weighted by molar-refractivity contribution is 0.101. The lowest BCUT2D eigenvalue weighted by atomic mass is 10.2. The van der Waals surface area contributed by atoms with Crippen molar-refractivity contribution < 1.29 is 22.4 Å². The average molecular weight is 419 g/mol. The first-order valence-corrected chi connectivity index (χ1v) is 10.3. The molecule has 1 aromatic heterocycles. The fourth-order valence-electron chi connectivity index (χ4n) is 2.35. The number of amides is 2. The zero-order valence-electron chi connectivity index (χ0n) is 14.6. The minimum absolute atomic E-state index is 0.0450. The molecule has 0 saturated carbocycles. The van der Waals surface area contributed by atoms with E-state index in [1.807, 2.05) is 0 Å². The zero-order valence-corrected chi connectivity index (χ0v) is 16.2. The van der Waals surface area contributed by atoms with Crippen LogP contribution in [-0.4, -0.2) is 26.5 Å². The van der Waals surface area contributed by atoms with E-state index >= 15 is 0 Å². The van der Waals surface area contributed by atoms with Crippen molar-refractivity contribution in [1.82, 2.24) is 0 Å². The molecule has 0 spiro atoms. The molecule has 144 valence electrons. The van der Waals surface area contributed by atoms with Crippen LogP contribution in [0.25, 0.3) is 0 Å². The summed E-state index contributed by atoms with van der Waals surface area (Å²) in [5, 5.41) is 5.48. The van der Waals surface area contributed by atoms with Crippen LogP contribution in [0.4, 0.5) is 11.4 Å². The molecule has 2 amide bonds. The molecule has 0 saturated heterocycles. The predicted molar refractivity (Wildman–Crippen MR) is 106 cm³/mol. The van der Waals surface area contributed by atoms with Gasteiger partial charge >= 0.3 is 0 Å². The number of nitrogens with one attached hydrogen (secondary N) is 2. The molecular formula is C19H15ClN2O5S. The molecule has 0 aliphatic heterocycles. The van der Waals surface area contributed by atoms with E-state index in [1.54, 1.807) is 6.07 Å². The molecule has 0 aliphatic carbocycles. The van der Waals surface area contributed by atoms with Gasteiger partial charge in [-0.15, -0.1) is 0 Å². The van der Waals surface area contributed by atoms with Crippen molar-refractivity contribution in [3.63, 3.8) is 0 Å². The van der Waals surface area contributed by atoms with Gasteiger partial charge in [0, 0.05) is 17.5 Å². The van der Waals surface area contributed by atoms with Crippen LogP contribution in [0.15, 0.2) is 70.4 Å². The molecular weight excluding hydrogens is 404 g/mol. The van der Waals surface area contributed by atoms with Crippen molar-refractivity contribution >= 4 is 44.6 Å². The topological polar surface area (TPSA) is 105 Å². The Morgan fingerprint density at radius 3 is 2.36 bits per heavy atom. The molecule has 0 radical (unpaired) electrons. The van der Waals surface area contributed by atoms with E-state index in [9.17, 15) is 18.0 Å². The summed E-state index contributed by atoms with van der Waals surface area (Å²) in [5.41, 5.74) is 1.29. The second-order valence-corrected chi connectivity index (χ2v) is 8.34. The number of benzene rings is 2. The Hall–Kier alpha value is -3.10.